The maximum absolute atomic E-state index is 12.7. The summed E-state index contributed by atoms with van der Waals surface area (Å²) in [4.78, 5) is 36.2. The molecule has 0 spiro atoms. The van der Waals surface area contributed by atoms with E-state index in [4.69, 9.17) is 0 Å². The van der Waals surface area contributed by atoms with Crippen molar-refractivity contribution in [3.8, 4) is 0 Å². The second-order valence-electron chi connectivity index (χ2n) is 10.2. The molecule has 35 heavy (non-hydrogen) atoms. The van der Waals surface area contributed by atoms with E-state index in [1.807, 2.05) is 38.5 Å². The van der Waals surface area contributed by atoms with Gasteiger partial charge < -0.3 is 20.9 Å². The van der Waals surface area contributed by atoms with Crippen molar-refractivity contribution in [2.75, 3.05) is 31.3 Å². The lowest BCUT2D eigenvalue weighted by Crippen LogP contribution is -2.34. The first-order valence-corrected chi connectivity index (χ1v) is 12.9. The van der Waals surface area contributed by atoms with Crippen LogP contribution < -0.4 is 16.0 Å². The van der Waals surface area contributed by atoms with Crippen molar-refractivity contribution in [3.05, 3.63) is 47.8 Å². The molecular formula is C27H38N6O2. The van der Waals surface area contributed by atoms with Gasteiger partial charge >= 0.3 is 0 Å². The lowest BCUT2D eigenvalue weighted by molar-refractivity contribution is -0.119. The zero-order valence-corrected chi connectivity index (χ0v) is 20.9. The number of amides is 2. The van der Waals surface area contributed by atoms with Gasteiger partial charge in [0.1, 0.15) is 0 Å². The molecule has 4 rings (SSSR count). The molecule has 0 aliphatic heterocycles. The van der Waals surface area contributed by atoms with Crippen molar-refractivity contribution in [1.29, 1.82) is 0 Å². The summed E-state index contributed by atoms with van der Waals surface area (Å²) in [6, 6.07) is 9.55. The summed E-state index contributed by atoms with van der Waals surface area (Å²) in [5.74, 6) is 1.24. The van der Waals surface area contributed by atoms with Gasteiger partial charge in [-0.2, -0.15) is 0 Å². The molecule has 1 aromatic carbocycles. The lowest BCUT2D eigenvalue weighted by atomic mass is 9.86. The highest BCUT2D eigenvalue weighted by Gasteiger charge is 2.24. The number of anilines is 2. The van der Waals surface area contributed by atoms with Crippen molar-refractivity contribution in [1.82, 2.24) is 20.2 Å². The average molecular weight is 479 g/mol. The monoisotopic (exact) mass is 478 g/mol. The standard InChI is InChI=1S/C27H38N6O2/c1-33(2)18-24-14-15-28-27(32-24)31-22-12-10-19(11-13-22)17-29-25(34)21-8-5-9-23(16-21)30-26(35)20-6-3-4-7-20/h5,8-9,14-16,19-20,22H,3-4,6-7,10-13,17-18H2,1-2H3,(H,29,34)(H,30,35)(H,28,31,32). The minimum atomic E-state index is -0.0895. The first kappa shape index (κ1) is 25.1. The first-order valence-electron chi connectivity index (χ1n) is 12.9. The lowest BCUT2D eigenvalue weighted by Gasteiger charge is -2.29. The molecule has 0 bridgehead atoms. The molecular weight excluding hydrogens is 440 g/mol. The molecule has 0 atom stereocenters. The van der Waals surface area contributed by atoms with Crippen LogP contribution in [0.15, 0.2) is 36.5 Å². The number of hydrogen-bond acceptors (Lipinski definition) is 6. The Bertz CT molecular complexity index is 997. The number of aromatic nitrogens is 2. The SMILES string of the molecule is CN(C)Cc1ccnc(NC2CCC(CNC(=O)c3cccc(NC(=O)C4CCCC4)c3)CC2)n1. The highest BCUT2D eigenvalue weighted by atomic mass is 16.2. The molecule has 2 amide bonds. The van der Waals surface area contributed by atoms with Gasteiger partial charge in [-0.15, -0.1) is 0 Å². The fourth-order valence-corrected chi connectivity index (χ4v) is 5.08. The van der Waals surface area contributed by atoms with E-state index in [1.165, 1.54) is 0 Å². The third kappa shape index (κ3) is 7.49. The summed E-state index contributed by atoms with van der Waals surface area (Å²) in [6.07, 6.45) is 10.1. The van der Waals surface area contributed by atoms with Crippen molar-refractivity contribution in [2.24, 2.45) is 11.8 Å². The van der Waals surface area contributed by atoms with Crippen LogP contribution in [0.5, 0.6) is 0 Å². The normalized spacial score (nSPS) is 20.5. The third-order valence-corrected chi connectivity index (χ3v) is 7.04. The quantitative estimate of drug-likeness (QED) is 0.503. The van der Waals surface area contributed by atoms with Gasteiger partial charge in [-0.05, 0) is 82.8 Å². The Morgan fingerprint density at radius 3 is 2.54 bits per heavy atom. The minimum absolute atomic E-state index is 0.0697. The highest BCUT2D eigenvalue weighted by Crippen LogP contribution is 2.27. The van der Waals surface area contributed by atoms with E-state index in [2.05, 4.69) is 30.8 Å². The van der Waals surface area contributed by atoms with Gasteiger partial charge in [-0.1, -0.05) is 18.9 Å². The molecule has 1 aromatic heterocycles. The molecule has 0 unspecified atom stereocenters. The maximum atomic E-state index is 12.7. The van der Waals surface area contributed by atoms with Gasteiger partial charge in [0.15, 0.2) is 0 Å². The Morgan fingerprint density at radius 1 is 1.03 bits per heavy atom. The van der Waals surface area contributed by atoms with Gasteiger partial charge in [-0.25, -0.2) is 9.97 Å². The van der Waals surface area contributed by atoms with Gasteiger partial charge in [0, 0.05) is 42.5 Å². The van der Waals surface area contributed by atoms with Crippen LogP contribution in [-0.2, 0) is 11.3 Å². The highest BCUT2D eigenvalue weighted by molar-refractivity contribution is 5.97. The summed E-state index contributed by atoms with van der Waals surface area (Å²) in [5.41, 5.74) is 2.28. The summed E-state index contributed by atoms with van der Waals surface area (Å²) in [5, 5.41) is 9.56. The van der Waals surface area contributed by atoms with E-state index >= 15 is 0 Å². The summed E-state index contributed by atoms with van der Waals surface area (Å²) < 4.78 is 0. The average Bonchev–Trinajstić information content (AvgIpc) is 3.39. The molecule has 0 radical (unpaired) electrons. The molecule has 2 fully saturated rings. The number of carbonyl (C=O) groups excluding carboxylic acids is 2. The Hall–Kier alpha value is -3.00. The van der Waals surface area contributed by atoms with Crippen molar-refractivity contribution < 1.29 is 9.59 Å². The predicted octanol–water partition coefficient (Wildman–Crippen LogP) is 4.07. The topological polar surface area (TPSA) is 99.3 Å². The maximum Gasteiger partial charge on any atom is 0.251 e. The predicted molar refractivity (Wildman–Crippen MR) is 138 cm³/mol. The third-order valence-electron chi connectivity index (χ3n) is 7.04. The van der Waals surface area contributed by atoms with Crippen LogP contribution in [0.1, 0.15) is 67.4 Å². The summed E-state index contributed by atoms with van der Waals surface area (Å²) >= 11 is 0. The van der Waals surface area contributed by atoms with Gasteiger partial charge in [0.05, 0.1) is 5.69 Å². The molecule has 2 aliphatic carbocycles. The number of carbonyl (C=O) groups is 2. The smallest absolute Gasteiger partial charge is 0.251 e. The summed E-state index contributed by atoms with van der Waals surface area (Å²) in [7, 11) is 4.06. The Balaban J connectivity index is 1.20. The van der Waals surface area contributed by atoms with E-state index in [0.29, 0.717) is 35.7 Å². The van der Waals surface area contributed by atoms with Gasteiger partial charge in [-0.3, -0.25) is 9.59 Å². The Labute approximate surface area is 208 Å². The molecule has 1 heterocycles. The largest absolute Gasteiger partial charge is 0.352 e. The van der Waals surface area contributed by atoms with E-state index < -0.39 is 0 Å². The van der Waals surface area contributed by atoms with Crippen molar-refractivity contribution >= 4 is 23.5 Å². The molecule has 3 N–H and O–H groups in total. The van der Waals surface area contributed by atoms with E-state index in [9.17, 15) is 9.59 Å². The zero-order chi connectivity index (χ0) is 24.6. The molecule has 2 saturated carbocycles. The Morgan fingerprint density at radius 2 is 1.80 bits per heavy atom. The van der Waals surface area contributed by atoms with Crippen LogP contribution in [0.3, 0.4) is 0 Å². The molecule has 2 aliphatic rings. The summed E-state index contributed by atoms with van der Waals surface area (Å²) in [6.45, 7) is 1.46. The van der Waals surface area contributed by atoms with Crippen LogP contribution in [0.4, 0.5) is 11.6 Å². The number of rotatable bonds is 9. The van der Waals surface area contributed by atoms with Gasteiger partial charge in [0.25, 0.3) is 5.91 Å². The van der Waals surface area contributed by atoms with Crippen LogP contribution in [0.2, 0.25) is 0 Å². The number of hydrogen-bond donors (Lipinski definition) is 3. The van der Waals surface area contributed by atoms with Crippen molar-refractivity contribution in [3.63, 3.8) is 0 Å². The van der Waals surface area contributed by atoms with Crippen LogP contribution in [0, 0.1) is 11.8 Å². The van der Waals surface area contributed by atoms with Crippen LogP contribution in [-0.4, -0.2) is 53.4 Å². The Kier molecular flexibility index (Phi) is 8.69. The number of nitrogens with zero attached hydrogens (tertiary/aromatic N) is 3. The van der Waals surface area contributed by atoms with E-state index in [0.717, 1.165) is 63.6 Å². The number of benzene rings is 1. The molecule has 2 aromatic rings. The fourth-order valence-electron chi connectivity index (χ4n) is 5.08. The van der Waals surface area contributed by atoms with Crippen LogP contribution >= 0.6 is 0 Å². The molecule has 0 saturated heterocycles. The minimum Gasteiger partial charge on any atom is -0.352 e. The second kappa shape index (κ2) is 12.1. The van der Waals surface area contributed by atoms with Gasteiger partial charge in [0.2, 0.25) is 11.9 Å². The first-order chi connectivity index (χ1) is 17.0. The van der Waals surface area contributed by atoms with Crippen LogP contribution in [0.25, 0.3) is 0 Å². The molecule has 8 nitrogen and oxygen atoms in total. The van der Waals surface area contributed by atoms with E-state index in [1.54, 1.807) is 12.1 Å². The molecule has 188 valence electrons. The second-order valence-corrected chi connectivity index (χ2v) is 10.2. The number of nitrogens with one attached hydrogen (secondary N) is 3. The van der Waals surface area contributed by atoms with E-state index in [-0.39, 0.29) is 17.7 Å². The fraction of sp³-hybridized carbons (Fsp3) is 0.556. The van der Waals surface area contributed by atoms with Crippen molar-refractivity contribution in [2.45, 2.75) is 64.0 Å². The molecule has 8 heteroatoms. The zero-order valence-electron chi connectivity index (χ0n) is 20.9.